The molecular formula is C8H12ClN3OS2. The van der Waals surface area contributed by atoms with Gasteiger partial charge in [-0.05, 0) is 0 Å². The van der Waals surface area contributed by atoms with Crippen molar-refractivity contribution in [3.05, 3.63) is 16.4 Å². The average molecular weight is 266 g/mol. The Morgan fingerprint density at radius 2 is 2.53 bits per heavy atom. The van der Waals surface area contributed by atoms with Crippen LogP contribution in [0.15, 0.2) is 16.6 Å². The Bertz CT molecular complexity index is 395. The lowest BCUT2D eigenvalue weighted by atomic mass is 10.3. The second kappa shape index (κ2) is 5.69. The van der Waals surface area contributed by atoms with Gasteiger partial charge in [0.2, 0.25) is 0 Å². The highest BCUT2D eigenvalue weighted by molar-refractivity contribution is 7.99. The molecule has 15 heavy (non-hydrogen) atoms. The van der Waals surface area contributed by atoms with Gasteiger partial charge in [-0.3, -0.25) is 10.1 Å². The largest absolute Gasteiger partial charge is 0.327 e. The van der Waals surface area contributed by atoms with Gasteiger partial charge in [-0.2, -0.15) is 4.99 Å². The molecule has 0 radical (unpaired) electrons. The van der Waals surface area contributed by atoms with Gasteiger partial charge in [0.15, 0.2) is 4.80 Å². The van der Waals surface area contributed by atoms with E-state index in [2.05, 4.69) is 10.3 Å². The van der Waals surface area contributed by atoms with Crippen LogP contribution in [-0.2, 0) is 11.8 Å². The van der Waals surface area contributed by atoms with Crippen LogP contribution in [0.4, 0.5) is 0 Å². The van der Waals surface area contributed by atoms with Crippen LogP contribution in [0.2, 0.25) is 0 Å². The van der Waals surface area contributed by atoms with Gasteiger partial charge < -0.3 is 4.57 Å². The monoisotopic (exact) mass is 265 g/mol. The standard InChI is InChI=1S/C8H11N3OS2.ClH/c1-11-2-3-14-8(11)10-7(12)6-4-13-5-9-6;/h2-3,6,9H,4-5H2,1H3;1H. The Balaban J connectivity index is 0.00000112. The molecule has 0 spiro atoms. The summed E-state index contributed by atoms with van der Waals surface area (Å²) in [5.41, 5.74) is 0. The first-order valence-electron chi connectivity index (χ1n) is 4.27. The number of amides is 1. The van der Waals surface area contributed by atoms with Crippen molar-refractivity contribution in [1.82, 2.24) is 9.88 Å². The molecule has 1 aliphatic heterocycles. The Morgan fingerprint density at radius 3 is 3.07 bits per heavy atom. The van der Waals surface area contributed by atoms with Crippen molar-refractivity contribution in [1.29, 1.82) is 0 Å². The minimum atomic E-state index is -0.0953. The van der Waals surface area contributed by atoms with Gasteiger partial charge >= 0.3 is 0 Å². The molecule has 0 aromatic carbocycles. The summed E-state index contributed by atoms with van der Waals surface area (Å²) in [5, 5.41) is 5.02. The molecular weight excluding hydrogens is 254 g/mol. The Hall–Kier alpha value is -0.300. The fourth-order valence-corrected chi connectivity index (χ4v) is 2.83. The van der Waals surface area contributed by atoms with Crippen LogP contribution < -0.4 is 10.1 Å². The zero-order valence-electron chi connectivity index (χ0n) is 8.17. The summed E-state index contributed by atoms with van der Waals surface area (Å²) in [4.78, 5) is 16.4. The number of rotatable bonds is 1. The van der Waals surface area contributed by atoms with Crippen molar-refractivity contribution in [3.8, 4) is 0 Å². The van der Waals surface area contributed by atoms with Crippen LogP contribution in [0.5, 0.6) is 0 Å². The van der Waals surface area contributed by atoms with Gasteiger partial charge in [0.25, 0.3) is 5.91 Å². The van der Waals surface area contributed by atoms with Crippen LogP contribution in [0.1, 0.15) is 0 Å². The number of halogens is 1. The molecule has 7 heteroatoms. The molecule has 2 rings (SSSR count). The number of carbonyl (C=O) groups excluding carboxylic acids is 1. The van der Waals surface area contributed by atoms with Crippen molar-refractivity contribution in [2.75, 3.05) is 11.6 Å². The lowest BCUT2D eigenvalue weighted by Crippen LogP contribution is -2.33. The number of hydrogen-bond acceptors (Lipinski definition) is 4. The number of aromatic nitrogens is 1. The lowest BCUT2D eigenvalue weighted by Gasteiger charge is -2.01. The first-order chi connectivity index (χ1) is 6.77. The normalized spacial score (nSPS) is 21.4. The van der Waals surface area contributed by atoms with E-state index < -0.39 is 0 Å². The smallest absolute Gasteiger partial charge is 0.266 e. The third-order valence-electron chi connectivity index (χ3n) is 1.98. The van der Waals surface area contributed by atoms with E-state index in [1.165, 1.54) is 11.3 Å². The molecule has 1 aromatic heterocycles. The van der Waals surface area contributed by atoms with E-state index >= 15 is 0 Å². The minimum Gasteiger partial charge on any atom is -0.327 e. The molecule has 1 atom stereocenters. The van der Waals surface area contributed by atoms with E-state index in [4.69, 9.17) is 0 Å². The maximum atomic E-state index is 11.6. The summed E-state index contributed by atoms with van der Waals surface area (Å²) in [6.45, 7) is 0. The van der Waals surface area contributed by atoms with Gasteiger partial charge in [0.05, 0.1) is 6.04 Å². The second-order valence-corrected chi connectivity index (χ2v) is 4.92. The third kappa shape index (κ3) is 3.07. The van der Waals surface area contributed by atoms with E-state index in [0.29, 0.717) is 0 Å². The van der Waals surface area contributed by atoms with Crippen molar-refractivity contribution < 1.29 is 4.79 Å². The molecule has 1 amide bonds. The van der Waals surface area contributed by atoms with Gasteiger partial charge in [-0.1, -0.05) is 0 Å². The number of thioether (sulfide) groups is 1. The molecule has 0 bridgehead atoms. The molecule has 1 aliphatic rings. The maximum absolute atomic E-state index is 11.6. The predicted octanol–water partition coefficient (Wildman–Crippen LogP) is 0.598. The van der Waals surface area contributed by atoms with Gasteiger partial charge in [-0.25, -0.2) is 0 Å². The molecule has 1 fully saturated rings. The van der Waals surface area contributed by atoms with E-state index in [9.17, 15) is 4.79 Å². The summed E-state index contributed by atoms with van der Waals surface area (Å²) in [6.07, 6.45) is 1.90. The summed E-state index contributed by atoms with van der Waals surface area (Å²) in [5.74, 6) is 1.62. The predicted molar refractivity (Wildman–Crippen MR) is 65.4 cm³/mol. The first-order valence-corrected chi connectivity index (χ1v) is 6.30. The quantitative estimate of drug-likeness (QED) is 0.809. The Kier molecular flexibility index (Phi) is 4.85. The summed E-state index contributed by atoms with van der Waals surface area (Å²) in [7, 11) is 1.89. The van der Waals surface area contributed by atoms with Gasteiger partial charge in [0, 0.05) is 30.3 Å². The second-order valence-electron chi connectivity index (χ2n) is 3.02. The molecule has 4 nitrogen and oxygen atoms in total. The number of carbonyl (C=O) groups is 1. The fraction of sp³-hybridized carbons (Fsp3) is 0.500. The molecule has 1 unspecified atom stereocenters. The highest BCUT2D eigenvalue weighted by atomic mass is 35.5. The van der Waals surface area contributed by atoms with Gasteiger partial charge in [0.1, 0.15) is 0 Å². The highest BCUT2D eigenvalue weighted by Gasteiger charge is 2.21. The van der Waals surface area contributed by atoms with E-state index in [-0.39, 0.29) is 24.4 Å². The third-order valence-corrected chi connectivity index (χ3v) is 3.77. The minimum absolute atomic E-state index is 0. The zero-order chi connectivity index (χ0) is 9.97. The Labute approximate surface area is 102 Å². The van der Waals surface area contributed by atoms with Crippen molar-refractivity contribution in [3.63, 3.8) is 0 Å². The lowest BCUT2D eigenvalue weighted by molar-refractivity contribution is -0.119. The summed E-state index contributed by atoms with van der Waals surface area (Å²) < 4.78 is 1.85. The van der Waals surface area contributed by atoms with E-state index in [1.807, 2.05) is 23.2 Å². The molecule has 1 aromatic rings. The molecule has 0 aliphatic carbocycles. The molecule has 1 saturated heterocycles. The van der Waals surface area contributed by atoms with Crippen LogP contribution in [0.3, 0.4) is 0 Å². The number of nitrogens with one attached hydrogen (secondary N) is 1. The fourth-order valence-electron chi connectivity index (χ4n) is 1.16. The van der Waals surface area contributed by atoms with Crippen molar-refractivity contribution in [2.24, 2.45) is 12.0 Å². The topological polar surface area (TPSA) is 46.4 Å². The zero-order valence-corrected chi connectivity index (χ0v) is 10.6. The van der Waals surface area contributed by atoms with E-state index in [1.54, 1.807) is 11.8 Å². The van der Waals surface area contributed by atoms with Crippen molar-refractivity contribution in [2.45, 2.75) is 6.04 Å². The number of hydrogen-bond donors (Lipinski definition) is 1. The van der Waals surface area contributed by atoms with Crippen molar-refractivity contribution >= 4 is 41.4 Å². The number of nitrogens with zero attached hydrogens (tertiary/aromatic N) is 2. The van der Waals surface area contributed by atoms with Crippen LogP contribution in [-0.4, -0.2) is 28.1 Å². The summed E-state index contributed by atoms with van der Waals surface area (Å²) >= 11 is 3.21. The first kappa shape index (κ1) is 12.8. The van der Waals surface area contributed by atoms with Crippen LogP contribution in [0.25, 0.3) is 0 Å². The number of thiazole rings is 1. The SMILES string of the molecule is Cl.Cn1ccsc1=NC(=O)C1CSCN1. The molecule has 2 heterocycles. The molecule has 1 N–H and O–H groups in total. The maximum Gasteiger partial charge on any atom is 0.266 e. The molecule has 0 saturated carbocycles. The van der Waals surface area contributed by atoms with Gasteiger partial charge in [-0.15, -0.1) is 35.5 Å². The van der Waals surface area contributed by atoms with Crippen LogP contribution in [0, 0.1) is 0 Å². The average Bonchev–Trinajstić information content (AvgIpc) is 2.77. The van der Waals surface area contributed by atoms with Crippen LogP contribution >= 0.6 is 35.5 Å². The highest BCUT2D eigenvalue weighted by Crippen LogP contribution is 2.10. The number of aryl methyl sites for hydroxylation is 1. The van der Waals surface area contributed by atoms with E-state index in [0.717, 1.165) is 16.4 Å². The Morgan fingerprint density at radius 1 is 1.73 bits per heavy atom. The summed E-state index contributed by atoms with van der Waals surface area (Å²) in [6, 6.07) is -0.0953. The molecule has 84 valence electrons.